The predicted molar refractivity (Wildman–Crippen MR) is 49.1 cm³/mol. The molecule has 12 heteroatoms. The van der Waals surface area contributed by atoms with E-state index in [2.05, 4.69) is 14.5 Å². The Morgan fingerprint density at radius 3 is 2.15 bits per heavy atom. The van der Waals surface area contributed by atoms with Gasteiger partial charge in [0.25, 0.3) is 11.6 Å². The number of pyridine rings is 1. The lowest BCUT2D eigenvalue weighted by atomic mass is 10.3. The molecule has 6 nitrogen and oxygen atoms in total. The number of aromatic nitrogens is 1. The Kier molecular flexibility index (Phi) is 3.96. The smallest absolute Gasteiger partial charge is 0.486 e. The minimum Gasteiger partial charge on any atom is -0.486 e. The number of rotatable bonds is 3. The zero-order valence-corrected chi connectivity index (χ0v) is 9.37. The van der Waals surface area contributed by atoms with E-state index in [1.807, 2.05) is 0 Å². The number of nitro groups is 1. The van der Waals surface area contributed by atoms with Gasteiger partial charge in [-0.3, -0.25) is 10.1 Å². The highest BCUT2D eigenvalue weighted by Gasteiger charge is 2.41. The second-order valence-electron chi connectivity index (χ2n) is 3.17. The Morgan fingerprint density at radius 1 is 1.25 bits per heavy atom. The molecule has 0 aliphatic carbocycles. The van der Waals surface area contributed by atoms with Gasteiger partial charge in [0, 0.05) is 0 Å². The van der Waals surface area contributed by atoms with Crippen LogP contribution in [0.3, 0.4) is 0 Å². The van der Waals surface area contributed by atoms with Crippen LogP contribution in [-0.4, -0.2) is 23.4 Å². The van der Waals surface area contributed by atoms with Gasteiger partial charge < -0.3 is 9.47 Å². The Labute approximate surface area is 106 Å². The highest BCUT2D eigenvalue weighted by molar-refractivity contribution is 5.54. The number of halogens is 6. The molecule has 1 aromatic rings. The summed E-state index contributed by atoms with van der Waals surface area (Å²) in [6, 6.07) is -0.0535. The van der Waals surface area contributed by atoms with Gasteiger partial charge in [-0.15, -0.1) is 13.2 Å². The van der Waals surface area contributed by atoms with Crippen LogP contribution in [0.1, 0.15) is 5.69 Å². The Morgan fingerprint density at radius 2 is 1.80 bits per heavy atom. The van der Waals surface area contributed by atoms with Gasteiger partial charge in [-0.05, 0) is 0 Å². The summed E-state index contributed by atoms with van der Waals surface area (Å²) in [7, 11) is 0.723. The van der Waals surface area contributed by atoms with Gasteiger partial charge in [0.2, 0.25) is 0 Å². The normalized spacial score (nSPS) is 12.2. The van der Waals surface area contributed by atoms with Crippen LogP contribution in [0.2, 0.25) is 0 Å². The fourth-order valence-electron chi connectivity index (χ4n) is 1.15. The molecule has 0 atom stereocenters. The molecule has 1 rings (SSSR count). The summed E-state index contributed by atoms with van der Waals surface area (Å²) in [5.41, 5.74) is -3.27. The largest absolute Gasteiger partial charge is 0.574 e. The third-order valence-corrected chi connectivity index (χ3v) is 1.83. The molecule has 112 valence electrons. The van der Waals surface area contributed by atoms with Gasteiger partial charge in [-0.25, -0.2) is 4.98 Å². The molecular weight excluding hydrogens is 302 g/mol. The van der Waals surface area contributed by atoms with E-state index in [9.17, 15) is 36.5 Å². The Bertz CT molecular complexity index is 527. The summed E-state index contributed by atoms with van der Waals surface area (Å²) in [4.78, 5) is 11.8. The Balaban J connectivity index is 3.54. The summed E-state index contributed by atoms with van der Waals surface area (Å²) < 4.78 is 80.9. The summed E-state index contributed by atoms with van der Waals surface area (Å²) in [5.74, 6) is -2.86. The van der Waals surface area contributed by atoms with Crippen LogP contribution in [0, 0.1) is 10.1 Å². The monoisotopic (exact) mass is 306 g/mol. The highest BCUT2D eigenvalue weighted by Crippen LogP contribution is 2.41. The third kappa shape index (κ3) is 3.61. The standard InChI is InChI=1S/C8H4F6N2O4/c1-19-5-3(16(17)18)2-4(7(9,10)11)15-6(5)20-8(12,13)14/h2H,1H3. The van der Waals surface area contributed by atoms with E-state index in [0.29, 0.717) is 0 Å². The van der Waals surface area contributed by atoms with Crippen molar-refractivity contribution in [2.24, 2.45) is 0 Å². The van der Waals surface area contributed by atoms with Gasteiger partial charge in [-0.2, -0.15) is 13.2 Å². The van der Waals surface area contributed by atoms with Gasteiger partial charge in [-0.1, -0.05) is 0 Å². The van der Waals surface area contributed by atoms with Crippen molar-refractivity contribution >= 4 is 5.69 Å². The molecule has 1 heterocycles. The van der Waals surface area contributed by atoms with Crippen molar-refractivity contribution in [1.29, 1.82) is 0 Å². The maximum atomic E-state index is 12.4. The van der Waals surface area contributed by atoms with Crippen LogP contribution in [0.5, 0.6) is 11.6 Å². The van der Waals surface area contributed by atoms with Crippen molar-refractivity contribution in [3.8, 4) is 11.6 Å². The van der Waals surface area contributed by atoms with Crippen molar-refractivity contribution in [3.05, 3.63) is 21.9 Å². The molecule has 0 aliphatic rings. The lowest BCUT2D eigenvalue weighted by molar-refractivity contribution is -0.386. The molecule has 0 unspecified atom stereocenters. The SMILES string of the molecule is COc1c([N+](=O)[O-])cc(C(F)(F)F)nc1OC(F)(F)F. The molecule has 0 N–H and O–H groups in total. The number of nitrogens with zero attached hydrogens (tertiary/aromatic N) is 2. The van der Waals surface area contributed by atoms with Crippen molar-refractivity contribution in [2.75, 3.05) is 7.11 Å². The number of methoxy groups -OCH3 is 1. The van der Waals surface area contributed by atoms with Crippen LogP contribution in [0.4, 0.5) is 32.0 Å². The van der Waals surface area contributed by atoms with E-state index < -0.39 is 40.5 Å². The summed E-state index contributed by atoms with van der Waals surface area (Å²) in [6.45, 7) is 0. The molecule has 0 spiro atoms. The molecule has 0 aromatic carbocycles. The molecule has 0 saturated heterocycles. The summed E-state index contributed by atoms with van der Waals surface area (Å²) >= 11 is 0. The zero-order valence-electron chi connectivity index (χ0n) is 9.37. The topological polar surface area (TPSA) is 74.5 Å². The first-order valence-corrected chi connectivity index (χ1v) is 4.52. The second kappa shape index (κ2) is 5.02. The molecule has 0 saturated carbocycles. The molecule has 20 heavy (non-hydrogen) atoms. The quantitative estimate of drug-likeness (QED) is 0.487. The average molecular weight is 306 g/mol. The van der Waals surface area contributed by atoms with Crippen LogP contribution in [-0.2, 0) is 6.18 Å². The van der Waals surface area contributed by atoms with Crippen LogP contribution < -0.4 is 9.47 Å². The van der Waals surface area contributed by atoms with Gasteiger partial charge >= 0.3 is 18.2 Å². The molecule has 0 aliphatic heterocycles. The minimum atomic E-state index is -5.39. The Hall–Kier alpha value is -2.27. The summed E-state index contributed by atoms with van der Waals surface area (Å²) in [5, 5.41) is 10.6. The van der Waals surface area contributed by atoms with Gasteiger partial charge in [0.05, 0.1) is 18.1 Å². The molecule has 0 bridgehead atoms. The maximum absolute atomic E-state index is 12.4. The second-order valence-corrected chi connectivity index (χ2v) is 3.17. The molecular formula is C8H4F6N2O4. The zero-order chi connectivity index (χ0) is 15.7. The van der Waals surface area contributed by atoms with Gasteiger partial charge in [0.1, 0.15) is 0 Å². The number of ether oxygens (including phenoxy) is 2. The van der Waals surface area contributed by atoms with E-state index >= 15 is 0 Å². The van der Waals surface area contributed by atoms with Crippen LogP contribution in [0.25, 0.3) is 0 Å². The highest BCUT2D eigenvalue weighted by atomic mass is 19.4. The lowest BCUT2D eigenvalue weighted by Crippen LogP contribution is -2.20. The lowest BCUT2D eigenvalue weighted by Gasteiger charge is -2.13. The number of alkyl halides is 6. The first kappa shape index (κ1) is 15.8. The first-order valence-electron chi connectivity index (χ1n) is 4.52. The van der Waals surface area contributed by atoms with E-state index in [1.165, 1.54) is 0 Å². The van der Waals surface area contributed by atoms with Crippen molar-refractivity contribution in [3.63, 3.8) is 0 Å². The van der Waals surface area contributed by atoms with Gasteiger partial charge in [0.15, 0.2) is 5.69 Å². The predicted octanol–water partition coefficient (Wildman–Crippen LogP) is 2.92. The first-order chi connectivity index (χ1) is 8.95. The average Bonchev–Trinajstić information content (AvgIpc) is 2.24. The third-order valence-electron chi connectivity index (χ3n) is 1.83. The maximum Gasteiger partial charge on any atom is 0.574 e. The van der Waals surface area contributed by atoms with Crippen LogP contribution in [0.15, 0.2) is 6.07 Å². The van der Waals surface area contributed by atoms with Crippen molar-refractivity contribution < 1.29 is 40.7 Å². The molecule has 0 radical (unpaired) electrons. The number of hydrogen-bond acceptors (Lipinski definition) is 5. The molecule has 1 aromatic heterocycles. The molecule has 0 fully saturated rings. The van der Waals surface area contributed by atoms with E-state index in [-0.39, 0.29) is 6.07 Å². The molecule has 0 amide bonds. The van der Waals surface area contributed by atoms with E-state index in [0.717, 1.165) is 7.11 Å². The summed E-state index contributed by atoms with van der Waals surface area (Å²) in [6.07, 6.45) is -10.6. The fraction of sp³-hybridized carbons (Fsp3) is 0.375. The fourth-order valence-corrected chi connectivity index (χ4v) is 1.15. The van der Waals surface area contributed by atoms with Crippen molar-refractivity contribution in [2.45, 2.75) is 12.5 Å². The minimum absolute atomic E-state index is 0.0535. The van der Waals surface area contributed by atoms with Crippen LogP contribution >= 0.6 is 0 Å². The van der Waals surface area contributed by atoms with E-state index in [1.54, 1.807) is 0 Å². The van der Waals surface area contributed by atoms with Crippen molar-refractivity contribution in [1.82, 2.24) is 4.98 Å². The number of hydrogen-bond donors (Lipinski definition) is 0. The van der Waals surface area contributed by atoms with E-state index in [4.69, 9.17) is 0 Å².